The summed E-state index contributed by atoms with van der Waals surface area (Å²) in [6, 6.07) is 0.510. The maximum absolute atomic E-state index is 12.9. The molecule has 1 saturated carbocycles. The van der Waals surface area contributed by atoms with Gasteiger partial charge in [0.1, 0.15) is 6.17 Å². The summed E-state index contributed by atoms with van der Waals surface area (Å²) in [5.41, 5.74) is 0. The third kappa shape index (κ3) is 4.84. The highest BCUT2D eigenvalue weighted by atomic mass is 32.2. The molecule has 1 aliphatic carbocycles. The molecular weight excluding hydrogens is 189 g/mol. The second kappa shape index (κ2) is 6.62. The van der Waals surface area contributed by atoms with Gasteiger partial charge in [-0.2, -0.15) is 0 Å². The van der Waals surface area contributed by atoms with Gasteiger partial charge in [-0.05, 0) is 24.9 Å². The normalized spacial score (nSPS) is 21.7. The van der Waals surface area contributed by atoms with E-state index in [1.165, 1.54) is 32.1 Å². The monoisotopic (exact) mass is 207 g/mol. The van der Waals surface area contributed by atoms with Gasteiger partial charge in [-0.25, -0.2) is 4.39 Å². The van der Waals surface area contributed by atoms with Crippen LogP contribution in [0.15, 0.2) is 0 Å². The van der Waals surface area contributed by atoms with E-state index in [2.05, 4.69) is 5.32 Å². The zero-order valence-corrected chi connectivity index (χ0v) is 8.65. The van der Waals surface area contributed by atoms with Gasteiger partial charge in [0, 0.05) is 12.6 Å². The smallest absolute Gasteiger partial charge is 0.124 e. The summed E-state index contributed by atoms with van der Waals surface area (Å²) in [7, 11) is 0. The summed E-state index contributed by atoms with van der Waals surface area (Å²) in [5, 5.41) is 3.21. The number of nitrogens with one attached hydrogen (secondary N) is 1. The van der Waals surface area contributed by atoms with Crippen LogP contribution in [0.1, 0.15) is 32.1 Å². The molecule has 0 aromatic carbocycles. The molecule has 1 aliphatic rings. The van der Waals surface area contributed by atoms with Crippen LogP contribution >= 0.6 is 12.0 Å². The Morgan fingerprint density at radius 1 is 1.38 bits per heavy atom. The molecule has 0 aromatic heterocycles. The lowest BCUT2D eigenvalue weighted by atomic mass is 9.95. The van der Waals surface area contributed by atoms with Crippen LogP contribution < -0.4 is 5.32 Å². The molecule has 0 amide bonds. The third-order valence-electron chi connectivity index (χ3n) is 2.49. The van der Waals surface area contributed by atoms with Gasteiger partial charge in [-0.15, -0.1) is 0 Å². The summed E-state index contributed by atoms with van der Waals surface area (Å²) in [6.45, 7) is 0.387. The van der Waals surface area contributed by atoms with Crippen molar-refractivity contribution < 1.29 is 8.94 Å². The van der Waals surface area contributed by atoms with Gasteiger partial charge in [-0.3, -0.25) is 0 Å². The van der Waals surface area contributed by atoms with E-state index in [-0.39, 0.29) is 5.75 Å². The minimum absolute atomic E-state index is 0.180. The Hall–Kier alpha value is 0.200. The predicted octanol–water partition coefficient (Wildman–Crippen LogP) is 2.45. The zero-order chi connectivity index (χ0) is 9.52. The maximum Gasteiger partial charge on any atom is 0.124 e. The van der Waals surface area contributed by atoms with Gasteiger partial charge in [0.25, 0.3) is 0 Å². The fourth-order valence-electron chi connectivity index (χ4n) is 1.74. The molecular formula is C9H18FNOS. The first kappa shape index (κ1) is 11.3. The maximum atomic E-state index is 12.9. The Morgan fingerprint density at radius 3 is 2.69 bits per heavy atom. The lowest BCUT2D eigenvalue weighted by Gasteiger charge is -2.23. The van der Waals surface area contributed by atoms with Gasteiger partial charge < -0.3 is 9.87 Å². The van der Waals surface area contributed by atoms with Crippen LogP contribution in [0.4, 0.5) is 4.39 Å². The highest BCUT2D eigenvalue weighted by Crippen LogP contribution is 2.17. The lowest BCUT2D eigenvalue weighted by molar-refractivity contribution is 0.303. The van der Waals surface area contributed by atoms with Crippen LogP contribution in [-0.2, 0) is 0 Å². The van der Waals surface area contributed by atoms with Crippen LogP contribution in [-0.4, -0.2) is 29.1 Å². The van der Waals surface area contributed by atoms with E-state index in [1.807, 2.05) is 0 Å². The van der Waals surface area contributed by atoms with Gasteiger partial charge in [-0.1, -0.05) is 19.3 Å². The Morgan fingerprint density at radius 2 is 2.08 bits per heavy atom. The van der Waals surface area contributed by atoms with Crippen molar-refractivity contribution in [3.05, 3.63) is 0 Å². The average molecular weight is 207 g/mol. The molecule has 0 aromatic rings. The molecule has 2 nitrogen and oxygen atoms in total. The van der Waals surface area contributed by atoms with Crippen LogP contribution in [0.5, 0.6) is 0 Å². The van der Waals surface area contributed by atoms with E-state index in [0.717, 1.165) is 0 Å². The van der Waals surface area contributed by atoms with E-state index >= 15 is 0 Å². The highest BCUT2D eigenvalue weighted by molar-refractivity contribution is 7.93. The van der Waals surface area contributed by atoms with Gasteiger partial charge in [0.15, 0.2) is 0 Å². The van der Waals surface area contributed by atoms with Crippen molar-refractivity contribution in [2.75, 3.05) is 12.3 Å². The first-order valence-corrected chi connectivity index (χ1v) is 5.91. The van der Waals surface area contributed by atoms with Crippen molar-refractivity contribution in [3.8, 4) is 0 Å². The lowest BCUT2D eigenvalue weighted by Crippen LogP contribution is -2.36. The van der Waals surface area contributed by atoms with Crippen molar-refractivity contribution in [2.24, 2.45) is 0 Å². The van der Waals surface area contributed by atoms with Crippen molar-refractivity contribution in [3.63, 3.8) is 0 Å². The summed E-state index contributed by atoms with van der Waals surface area (Å²) in [4.78, 5) is 0. The van der Waals surface area contributed by atoms with E-state index in [1.54, 1.807) is 0 Å². The fourth-order valence-corrected chi connectivity index (χ4v) is 2.02. The molecule has 4 heteroatoms. The van der Waals surface area contributed by atoms with E-state index in [9.17, 15) is 4.39 Å². The third-order valence-corrected chi connectivity index (χ3v) is 3.00. The standard InChI is InChI=1S/C9H18FNOS/c10-8(7-13-12)6-11-9-4-2-1-3-5-9/h8-9,11-12H,1-7H2. The Balaban J connectivity index is 2.03. The first-order chi connectivity index (χ1) is 6.33. The molecule has 13 heavy (non-hydrogen) atoms. The second-order valence-electron chi connectivity index (χ2n) is 3.64. The van der Waals surface area contributed by atoms with Crippen molar-refractivity contribution in [1.29, 1.82) is 0 Å². The fraction of sp³-hybridized carbons (Fsp3) is 1.00. The summed E-state index contributed by atoms with van der Waals surface area (Å²) >= 11 is 0.581. The van der Waals surface area contributed by atoms with Crippen LogP contribution in [0.2, 0.25) is 0 Å². The molecule has 1 rings (SSSR count). The van der Waals surface area contributed by atoms with Crippen LogP contribution in [0.3, 0.4) is 0 Å². The number of alkyl halides is 1. The van der Waals surface area contributed by atoms with E-state index < -0.39 is 6.17 Å². The van der Waals surface area contributed by atoms with Crippen molar-refractivity contribution in [1.82, 2.24) is 5.32 Å². The molecule has 2 N–H and O–H groups in total. The molecule has 1 fully saturated rings. The summed E-state index contributed by atoms with van der Waals surface area (Å²) < 4.78 is 21.3. The highest BCUT2D eigenvalue weighted by Gasteiger charge is 2.14. The number of rotatable bonds is 5. The first-order valence-electron chi connectivity index (χ1n) is 4.96. The summed E-state index contributed by atoms with van der Waals surface area (Å²) in [6.07, 6.45) is 5.30. The van der Waals surface area contributed by atoms with Crippen molar-refractivity contribution >= 4 is 12.0 Å². The van der Waals surface area contributed by atoms with Crippen LogP contribution in [0, 0.1) is 0 Å². The second-order valence-corrected chi connectivity index (χ2v) is 4.23. The quantitative estimate of drug-likeness (QED) is 0.679. The zero-order valence-electron chi connectivity index (χ0n) is 7.84. The SMILES string of the molecule is OSCC(F)CNC1CCCCC1. The van der Waals surface area contributed by atoms with Gasteiger partial charge >= 0.3 is 0 Å². The topological polar surface area (TPSA) is 32.3 Å². The number of hydrogen-bond acceptors (Lipinski definition) is 3. The Kier molecular flexibility index (Phi) is 5.75. The predicted molar refractivity (Wildman–Crippen MR) is 54.9 cm³/mol. The minimum atomic E-state index is -0.920. The molecule has 1 atom stereocenters. The average Bonchev–Trinajstić information content (AvgIpc) is 2.17. The number of hydrogen-bond donors (Lipinski definition) is 2. The molecule has 0 radical (unpaired) electrons. The largest absolute Gasteiger partial charge is 0.330 e. The van der Waals surface area contributed by atoms with E-state index in [4.69, 9.17) is 4.55 Å². The summed E-state index contributed by atoms with van der Waals surface area (Å²) in [5.74, 6) is 0.180. The number of halogens is 1. The van der Waals surface area contributed by atoms with Crippen molar-refractivity contribution in [2.45, 2.75) is 44.3 Å². The van der Waals surface area contributed by atoms with E-state index in [0.29, 0.717) is 24.6 Å². The molecule has 0 saturated heterocycles. The Bertz CT molecular complexity index is 131. The molecule has 0 spiro atoms. The van der Waals surface area contributed by atoms with Crippen LogP contribution in [0.25, 0.3) is 0 Å². The minimum Gasteiger partial charge on any atom is -0.330 e. The van der Waals surface area contributed by atoms with Gasteiger partial charge in [0.2, 0.25) is 0 Å². The Labute approximate surface area is 83.5 Å². The van der Waals surface area contributed by atoms with Gasteiger partial charge in [0.05, 0.1) is 5.75 Å². The molecule has 1 unspecified atom stereocenters. The molecule has 78 valence electrons. The molecule has 0 bridgehead atoms. The molecule has 0 aliphatic heterocycles. The molecule has 0 heterocycles.